The van der Waals surface area contributed by atoms with E-state index in [9.17, 15) is 0 Å². The SMILES string of the molecule is CCO[SiH](CN1CCOCC1)OCC. The quantitative estimate of drug-likeness (QED) is 0.595. The summed E-state index contributed by atoms with van der Waals surface area (Å²) in [7, 11) is -1.44. The van der Waals surface area contributed by atoms with E-state index in [2.05, 4.69) is 4.90 Å². The average Bonchev–Trinajstić information content (AvgIpc) is 2.20. The van der Waals surface area contributed by atoms with Gasteiger partial charge >= 0.3 is 9.28 Å². The van der Waals surface area contributed by atoms with Crippen molar-refractivity contribution < 1.29 is 13.6 Å². The molecule has 0 unspecified atom stereocenters. The molecule has 0 bridgehead atoms. The second kappa shape index (κ2) is 7.36. The fourth-order valence-electron chi connectivity index (χ4n) is 1.52. The highest BCUT2D eigenvalue weighted by Crippen LogP contribution is 2.00. The molecule has 0 radical (unpaired) electrons. The minimum absolute atomic E-state index is 0.765. The molecule has 14 heavy (non-hydrogen) atoms. The standard InChI is InChI=1S/C9H21NO3Si/c1-3-12-14(13-4-2)9-10-5-7-11-8-6-10/h14H,3-9H2,1-2H3. The zero-order valence-electron chi connectivity index (χ0n) is 9.20. The van der Waals surface area contributed by atoms with Crippen molar-refractivity contribution in [2.45, 2.75) is 13.8 Å². The Morgan fingerprint density at radius 3 is 2.21 bits per heavy atom. The summed E-state index contributed by atoms with van der Waals surface area (Å²) in [6, 6.07) is 0. The van der Waals surface area contributed by atoms with Crippen molar-refractivity contribution in [2.75, 3.05) is 45.7 Å². The van der Waals surface area contributed by atoms with E-state index in [4.69, 9.17) is 13.6 Å². The largest absolute Gasteiger partial charge is 0.396 e. The Morgan fingerprint density at radius 1 is 1.14 bits per heavy atom. The Bertz CT molecular complexity index is 136. The molecular weight excluding hydrogens is 198 g/mol. The van der Waals surface area contributed by atoms with Gasteiger partial charge in [0.05, 0.1) is 13.2 Å². The number of rotatable bonds is 6. The van der Waals surface area contributed by atoms with Crippen LogP contribution in [0.3, 0.4) is 0 Å². The Kier molecular flexibility index (Phi) is 6.38. The van der Waals surface area contributed by atoms with Crippen LogP contribution in [0.4, 0.5) is 0 Å². The molecule has 0 amide bonds. The number of hydrogen-bond acceptors (Lipinski definition) is 4. The lowest BCUT2D eigenvalue weighted by atomic mass is 10.5. The van der Waals surface area contributed by atoms with E-state index < -0.39 is 9.28 Å². The number of morpholine rings is 1. The third-order valence-electron chi connectivity index (χ3n) is 2.22. The minimum atomic E-state index is -1.44. The fourth-order valence-corrected chi connectivity index (χ4v) is 3.36. The summed E-state index contributed by atoms with van der Waals surface area (Å²) in [5.74, 6) is 0. The summed E-state index contributed by atoms with van der Waals surface area (Å²) in [5.41, 5.74) is 0. The lowest BCUT2D eigenvalue weighted by Gasteiger charge is -2.28. The van der Waals surface area contributed by atoms with Crippen LogP contribution in [0.1, 0.15) is 13.8 Å². The normalized spacial score (nSPS) is 19.1. The molecule has 1 saturated heterocycles. The molecule has 84 valence electrons. The summed E-state index contributed by atoms with van der Waals surface area (Å²) in [6.07, 6.45) is 0.991. The molecule has 1 fully saturated rings. The van der Waals surface area contributed by atoms with E-state index in [-0.39, 0.29) is 0 Å². The first-order chi connectivity index (χ1) is 6.86. The Morgan fingerprint density at radius 2 is 1.71 bits per heavy atom. The molecule has 0 spiro atoms. The monoisotopic (exact) mass is 219 g/mol. The molecule has 0 aromatic rings. The third-order valence-corrected chi connectivity index (χ3v) is 4.44. The molecule has 0 N–H and O–H groups in total. The van der Waals surface area contributed by atoms with Crippen LogP contribution in [-0.4, -0.2) is 59.9 Å². The average molecular weight is 219 g/mol. The lowest BCUT2D eigenvalue weighted by molar-refractivity contribution is 0.0405. The minimum Gasteiger partial charge on any atom is -0.396 e. The topological polar surface area (TPSA) is 30.9 Å². The van der Waals surface area contributed by atoms with Gasteiger partial charge in [0.15, 0.2) is 0 Å². The Hall–Kier alpha value is 0.0569. The van der Waals surface area contributed by atoms with Crippen molar-refractivity contribution in [3.05, 3.63) is 0 Å². The van der Waals surface area contributed by atoms with Crippen LogP contribution in [-0.2, 0) is 13.6 Å². The summed E-state index contributed by atoms with van der Waals surface area (Å²) in [6.45, 7) is 9.31. The van der Waals surface area contributed by atoms with E-state index in [1.807, 2.05) is 13.8 Å². The molecule has 1 aliphatic heterocycles. The van der Waals surface area contributed by atoms with Crippen molar-refractivity contribution in [3.8, 4) is 0 Å². The molecule has 1 rings (SSSR count). The molecule has 0 aromatic carbocycles. The second-order valence-corrected chi connectivity index (χ2v) is 5.14. The van der Waals surface area contributed by atoms with Crippen molar-refractivity contribution in [1.82, 2.24) is 4.90 Å². The van der Waals surface area contributed by atoms with Crippen molar-refractivity contribution in [3.63, 3.8) is 0 Å². The maximum atomic E-state index is 5.62. The number of ether oxygens (including phenoxy) is 1. The Labute approximate surface area is 88.0 Å². The van der Waals surface area contributed by atoms with Gasteiger partial charge in [0.25, 0.3) is 0 Å². The lowest BCUT2D eigenvalue weighted by Crippen LogP contribution is -2.44. The van der Waals surface area contributed by atoms with Gasteiger partial charge in [-0.3, -0.25) is 4.90 Å². The van der Waals surface area contributed by atoms with Gasteiger partial charge in [0, 0.05) is 32.5 Å². The first kappa shape index (κ1) is 12.1. The van der Waals surface area contributed by atoms with Gasteiger partial charge in [0.2, 0.25) is 0 Å². The van der Waals surface area contributed by atoms with Gasteiger partial charge in [-0.05, 0) is 13.8 Å². The van der Waals surface area contributed by atoms with Crippen LogP contribution in [0.2, 0.25) is 0 Å². The number of hydrogen-bond donors (Lipinski definition) is 0. The highest BCUT2D eigenvalue weighted by Gasteiger charge is 2.19. The summed E-state index contributed by atoms with van der Waals surface area (Å²) < 4.78 is 16.5. The van der Waals surface area contributed by atoms with Crippen molar-refractivity contribution >= 4 is 9.28 Å². The van der Waals surface area contributed by atoms with Crippen LogP contribution in [0.15, 0.2) is 0 Å². The van der Waals surface area contributed by atoms with Crippen molar-refractivity contribution in [2.24, 2.45) is 0 Å². The van der Waals surface area contributed by atoms with Crippen LogP contribution in [0.5, 0.6) is 0 Å². The Balaban J connectivity index is 2.21. The molecule has 4 nitrogen and oxygen atoms in total. The van der Waals surface area contributed by atoms with E-state index in [1.165, 1.54) is 0 Å². The second-order valence-electron chi connectivity index (χ2n) is 3.25. The van der Waals surface area contributed by atoms with Gasteiger partial charge in [-0.1, -0.05) is 0 Å². The van der Waals surface area contributed by atoms with Gasteiger partial charge < -0.3 is 13.6 Å². The van der Waals surface area contributed by atoms with Crippen LogP contribution in [0.25, 0.3) is 0 Å². The van der Waals surface area contributed by atoms with E-state index in [1.54, 1.807) is 0 Å². The molecule has 5 heteroatoms. The van der Waals surface area contributed by atoms with E-state index >= 15 is 0 Å². The summed E-state index contributed by atoms with van der Waals surface area (Å²) in [5, 5.41) is 0. The molecule has 1 heterocycles. The van der Waals surface area contributed by atoms with Gasteiger partial charge in [-0.2, -0.15) is 0 Å². The van der Waals surface area contributed by atoms with Crippen molar-refractivity contribution in [1.29, 1.82) is 0 Å². The smallest absolute Gasteiger partial charge is 0.335 e. The van der Waals surface area contributed by atoms with Crippen LogP contribution >= 0.6 is 0 Å². The predicted octanol–water partition coefficient (Wildman–Crippen LogP) is 0.151. The molecule has 0 atom stereocenters. The molecule has 0 aromatic heterocycles. The van der Waals surface area contributed by atoms with Crippen LogP contribution in [0, 0.1) is 0 Å². The number of nitrogens with zero attached hydrogens (tertiary/aromatic N) is 1. The van der Waals surface area contributed by atoms with E-state index in [0.29, 0.717) is 0 Å². The van der Waals surface area contributed by atoms with Crippen LogP contribution < -0.4 is 0 Å². The maximum Gasteiger partial charge on any atom is 0.335 e. The highest BCUT2D eigenvalue weighted by molar-refractivity contribution is 6.44. The first-order valence-electron chi connectivity index (χ1n) is 5.40. The first-order valence-corrected chi connectivity index (χ1v) is 7.16. The summed E-state index contributed by atoms with van der Waals surface area (Å²) in [4.78, 5) is 2.38. The van der Waals surface area contributed by atoms with Gasteiger partial charge in [-0.25, -0.2) is 0 Å². The highest BCUT2D eigenvalue weighted by atomic mass is 28.3. The molecule has 1 aliphatic rings. The molecule has 0 aliphatic carbocycles. The van der Waals surface area contributed by atoms with Gasteiger partial charge in [-0.15, -0.1) is 0 Å². The zero-order chi connectivity index (χ0) is 10.2. The zero-order valence-corrected chi connectivity index (χ0v) is 10.4. The fraction of sp³-hybridized carbons (Fsp3) is 1.00. The maximum absolute atomic E-state index is 5.62. The summed E-state index contributed by atoms with van der Waals surface area (Å²) >= 11 is 0. The van der Waals surface area contributed by atoms with E-state index in [0.717, 1.165) is 45.7 Å². The third kappa shape index (κ3) is 4.52. The molecule has 0 saturated carbocycles. The predicted molar refractivity (Wildman–Crippen MR) is 57.7 cm³/mol. The molecular formula is C9H21NO3Si. The van der Waals surface area contributed by atoms with Gasteiger partial charge in [0.1, 0.15) is 0 Å².